The highest BCUT2D eigenvalue weighted by Crippen LogP contribution is 2.28. The molecule has 0 unspecified atom stereocenters. The molecule has 1 aliphatic heterocycles. The van der Waals surface area contributed by atoms with E-state index in [0.29, 0.717) is 16.8 Å². The third-order valence-corrected chi connectivity index (χ3v) is 3.29. The molecule has 0 N–H and O–H groups in total. The maximum absolute atomic E-state index is 12.0. The molecule has 0 bridgehead atoms. The summed E-state index contributed by atoms with van der Waals surface area (Å²) in [5.74, 6) is 0.572. The minimum Gasteiger partial charge on any atom is -0.463 e. The van der Waals surface area contributed by atoms with Crippen molar-refractivity contribution in [3.8, 4) is 11.3 Å². The van der Waals surface area contributed by atoms with E-state index in [0.717, 1.165) is 16.3 Å². The van der Waals surface area contributed by atoms with Crippen molar-refractivity contribution in [2.75, 3.05) is 0 Å². The number of para-hydroxylation sites is 1. The van der Waals surface area contributed by atoms with Gasteiger partial charge in [-0.25, -0.2) is 4.98 Å². The molecule has 3 nitrogen and oxygen atoms in total. The predicted octanol–water partition coefficient (Wildman–Crippen LogP) is 3.45. The number of aromatic nitrogens is 1. The number of benzene rings is 2. The van der Waals surface area contributed by atoms with Gasteiger partial charge in [0, 0.05) is 10.8 Å². The van der Waals surface area contributed by atoms with Crippen molar-refractivity contribution < 1.29 is 4.42 Å². The fraction of sp³-hybridized carbons (Fsp3) is 0. The van der Waals surface area contributed by atoms with Crippen LogP contribution in [0.4, 0.5) is 0 Å². The van der Waals surface area contributed by atoms with Crippen molar-refractivity contribution in [1.82, 2.24) is 4.98 Å². The van der Waals surface area contributed by atoms with Gasteiger partial charge in [-0.1, -0.05) is 24.3 Å². The zero-order valence-electron chi connectivity index (χ0n) is 9.96. The summed E-state index contributed by atoms with van der Waals surface area (Å²) in [6.45, 7) is 0. The van der Waals surface area contributed by atoms with Gasteiger partial charge >= 0.3 is 0 Å². The minimum absolute atomic E-state index is 0.0605. The molecule has 2 heterocycles. The fourth-order valence-electron chi connectivity index (χ4n) is 2.39. The Balaban J connectivity index is 2.29. The monoisotopic (exact) mass is 247 g/mol. The van der Waals surface area contributed by atoms with Crippen LogP contribution in [-0.4, -0.2) is 4.98 Å². The second-order valence-corrected chi connectivity index (χ2v) is 4.48. The lowest BCUT2D eigenvalue weighted by atomic mass is 10.1. The molecule has 2 aliphatic rings. The number of fused-ring (bicyclic) bond motifs is 4. The van der Waals surface area contributed by atoms with Gasteiger partial charge in [0.15, 0.2) is 5.43 Å². The molecule has 2 aromatic rings. The summed E-state index contributed by atoms with van der Waals surface area (Å²) in [5.41, 5.74) is 2.07. The Morgan fingerprint density at radius 2 is 1.84 bits per heavy atom. The van der Waals surface area contributed by atoms with Crippen LogP contribution in [0.15, 0.2) is 64.0 Å². The first-order chi connectivity index (χ1) is 9.33. The van der Waals surface area contributed by atoms with E-state index in [4.69, 9.17) is 4.42 Å². The standard InChI is InChI=1S/C16H9NO2/c18-13-6-3-7-14-15(13)16-11(9-19-14)8-10-4-1-2-5-12(10)17-16/h1-9H. The predicted molar refractivity (Wildman–Crippen MR) is 74.4 cm³/mol. The van der Waals surface area contributed by atoms with Crippen molar-refractivity contribution in [1.29, 1.82) is 0 Å². The Morgan fingerprint density at radius 3 is 2.79 bits per heavy atom. The van der Waals surface area contributed by atoms with Crippen molar-refractivity contribution in [3.05, 3.63) is 65.0 Å². The minimum atomic E-state index is -0.0605. The summed E-state index contributed by atoms with van der Waals surface area (Å²) in [6.07, 6.45) is 1.65. The SMILES string of the molecule is O=c1cccc2occ3cc4ccccc4nc3c1-2. The molecule has 4 rings (SSSR count). The molecule has 0 spiro atoms. The Labute approximate surface area is 108 Å². The van der Waals surface area contributed by atoms with Gasteiger partial charge in [-0.05, 0) is 24.3 Å². The maximum atomic E-state index is 12.0. The number of nitrogens with zero attached hydrogens (tertiary/aromatic N) is 1. The second kappa shape index (κ2) is 3.65. The Morgan fingerprint density at radius 1 is 0.947 bits per heavy atom. The summed E-state index contributed by atoms with van der Waals surface area (Å²) in [6, 6.07) is 14.9. The van der Waals surface area contributed by atoms with Gasteiger partial charge in [-0.15, -0.1) is 0 Å². The quantitative estimate of drug-likeness (QED) is 0.353. The first kappa shape index (κ1) is 10.3. The molecule has 1 aromatic carbocycles. The Hall–Kier alpha value is -2.68. The molecule has 0 saturated carbocycles. The van der Waals surface area contributed by atoms with E-state index in [1.54, 1.807) is 18.4 Å². The van der Waals surface area contributed by atoms with Gasteiger partial charge in [0.05, 0.1) is 16.6 Å². The molecule has 0 fully saturated rings. The van der Waals surface area contributed by atoms with E-state index in [-0.39, 0.29) is 5.43 Å². The largest absolute Gasteiger partial charge is 0.463 e. The van der Waals surface area contributed by atoms with Gasteiger partial charge in [-0.3, -0.25) is 4.79 Å². The molecule has 0 radical (unpaired) electrons. The van der Waals surface area contributed by atoms with Crippen LogP contribution >= 0.6 is 0 Å². The first-order valence-corrected chi connectivity index (χ1v) is 6.03. The van der Waals surface area contributed by atoms with Crippen LogP contribution in [0.1, 0.15) is 0 Å². The van der Waals surface area contributed by atoms with E-state index in [1.165, 1.54) is 6.07 Å². The summed E-state index contributed by atoms with van der Waals surface area (Å²) in [5, 5.41) is 1.88. The normalized spacial score (nSPS) is 11.4. The molecular formula is C16H9NO2. The fourth-order valence-corrected chi connectivity index (χ4v) is 2.39. The van der Waals surface area contributed by atoms with Crippen LogP contribution < -0.4 is 5.43 Å². The topological polar surface area (TPSA) is 43.1 Å². The third-order valence-electron chi connectivity index (χ3n) is 3.29. The summed E-state index contributed by atoms with van der Waals surface area (Å²) in [4.78, 5) is 16.6. The number of hydrogen-bond acceptors (Lipinski definition) is 3. The Kier molecular flexibility index (Phi) is 1.97. The van der Waals surface area contributed by atoms with Crippen LogP contribution in [-0.2, 0) is 0 Å². The van der Waals surface area contributed by atoms with E-state index in [2.05, 4.69) is 4.98 Å². The zero-order valence-corrected chi connectivity index (χ0v) is 9.96. The van der Waals surface area contributed by atoms with Gasteiger partial charge in [0.2, 0.25) is 0 Å². The Bertz CT molecular complexity index is 940. The summed E-state index contributed by atoms with van der Waals surface area (Å²) >= 11 is 0. The van der Waals surface area contributed by atoms with Gasteiger partial charge in [0.25, 0.3) is 0 Å². The first-order valence-electron chi connectivity index (χ1n) is 6.03. The smallest absolute Gasteiger partial charge is 0.191 e. The highest BCUT2D eigenvalue weighted by Gasteiger charge is 2.14. The molecule has 0 atom stereocenters. The van der Waals surface area contributed by atoms with Crippen LogP contribution in [0.5, 0.6) is 0 Å². The van der Waals surface area contributed by atoms with Crippen LogP contribution in [0.3, 0.4) is 0 Å². The highest BCUT2D eigenvalue weighted by molar-refractivity contribution is 5.98. The van der Waals surface area contributed by atoms with Crippen molar-refractivity contribution in [2.24, 2.45) is 0 Å². The van der Waals surface area contributed by atoms with E-state index < -0.39 is 0 Å². The lowest BCUT2D eigenvalue weighted by Crippen LogP contribution is -2.04. The van der Waals surface area contributed by atoms with Crippen LogP contribution in [0, 0.1) is 0 Å². The molecular weight excluding hydrogens is 238 g/mol. The van der Waals surface area contributed by atoms with Gasteiger partial charge in [0.1, 0.15) is 12.0 Å². The van der Waals surface area contributed by atoms with Crippen molar-refractivity contribution >= 4 is 21.8 Å². The molecule has 0 amide bonds. The number of rotatable bonds is 0. The van der Waals surface area contributed by atoms with Gasteiger partial charge in [-0.2, -0.15) is 0 Å². The molecule has 1 aliphatic carbocycles. The zero-order chi connectivity index (χ0) is 12.8. The van der Waals surface area contributed by atoms with Gasteiger partial charge < -0.3 is 4.42 Å². The average molecular weight is 247 g/mol. The van der Waals surface area contributed by atoms with E-state index in [1.807, 2.05) is 30.3 Å². The second-order valence-electron chi connectivity index (χ2n) is 4.48. The number of hydrogen-bond donors (Lipinski definition) is 0. The van der Waals surface area contributed by atoms with Crippen LogP contribution in [0.25, 0.3) is 33.1 Å². The van der Waals surface area contributed by atoms with Crippen molar-refractivity contribution in [2.45, 2.75) is 0 Å². The summed E-state index contributed by atoms with van der Waals surface area (Å²) in [7, 11) is 0. The van der Waals surface area contributed by atoms with Crippen LogP contribution in [0.2, 0.25) is 0 Å². The average Bonchev–Trinajstić information content (AvgIpc) is 2.45. The lowest BCUT2D eigenvalue weighted by molar-refractivity contribution is 0.572. The number of pyridine rings is 1. The molecule has 19 heavy (non-hydrogen) atoms. The third kappa shape index (κ3) is 1.45. The summed E-state index contributed by atoms with van der Waals surface area (Å²) < 4.78 is 5.51. The molecule has 90 valence electrons. The molecule has 1 aromatic heterocycles. The molecule has 3 heteroatoms. The highest BCUT2D eigenvalue weighted by atomic mass is 16.3. The van der Waals surface area contributed by atoms with E-state index in [9.17, 15) is 4.79 Å². The van der Waals surface area contributed by atoms with E-state index >= 15 is 0 Å². The lowest BCUT2D eigenvalue weighted by Gasteiger charge is -2.07. The van der Waals surface area contributed by atoms with Crippen molar-refractivity contribution in [3.63, 3.8) is 0 Å². The molecule has 0 saturated heterocycles. The maximum Gasteiger partial charge on any atom is 0.191 e.